The minimum Gasteiger partial charge on any atom is -0.486 e. The maximum absolute atomic E-state index is 11.9. The molecule has 1 aromatic heterocycles. The van der Waals surface area contributed by atoms with Crippen molar-refractivity contribution >= 4 is 11.6 Å². The number of anilines is 1. The van der Waals surface area contributed by atoms with E-state index in [2.05, 4.69) is 10.3 Å². The van der Waals surface area contributed by atoms with Crippen LogP contribution in [0.25, 0.3) is 0 Å². The Kier molecular flexibility index (Phi) is 3.50. The molecule has 0 saturated heterocycles. The summed E-state index contributed by atoms with van der Waals surface area (Å²) in [6.45, 7) is 1.08. The third-order valence-corrected chi connectivity index (χ3v) is 2.89. The lowest BCUT2D eigenvalue weighted by Crippen LogP contribution is -2.17. The predicted molar refractivity (Wildman–Crippen MR) is 74.0 cm³/mol. The molecule has 0 radical (unpaired) electrons. The molecule has 3 rings (SSSR count). The van der Waals surface area contributed by atoms with Gasteiger partial charge in [0.2, 0.25) is 5.91 Å². The molecule has 0 spiro atoms. The van der Waals surface area contributed by atoms with Gasteiger partial charge in [-0.2, -0.15) is 0 Å². The maximum atomic E-state index is 11.9. The Morgan fingerprint density at radius 1 is 1.15 bits per heavy atom. The Morgan fingerprint density at radius 3 is 2.80 bits per heavy atom. The number of hydrogen-bond acceptors (Lipinski definition) is 4. The number of carbonyl (C=O) groups is 1. The molecule has 0 saturated carbocycles. The standard InChI is InChI=1S/C15H14N2O3/c18-15(10-11-3-1-2-6-16-11)17-12-4-5-13-14(9-12)20-8-7-19-13/h1-6,9H,7-8,10H2,(H,17,18). The van der Waals surface area contributed by atoms with E-state index < -0.39 is 0 Å². The van der Waals surface area contributed by atoms with Crippen molar-refractivity contribution in [3.63, 3.8) is 0 Å². The summed E-state index contributed by atoms with van der Waals surface area (Å²) in [6.07, 6.45) is 1.92. The number of nitrogens with zero attached hydrogens (tertiary/aromatic N) is 1. The van der Waals surface area contributed by atoms with Gasteiger partial charge in [0.15, 0.2) is 11.5 Å². The number of rotatable bonds is 3. The van der Waals surface area contributed by atoms with Gasteiger partial charge in [-0.25, -0.2) is 0 Å². The number of nitrogens with one attached hydrogen (secondary N) is 1. The summed E-state index contributed by atoms with van der Waals surface area (Å²) in [4.78, 5) is 16.1. The molecule has 0 bridgehead atoms. The number of aromatic nitrogens is 1. The van der Waals surface area contributed by atoms with Gasteiger partial charge in [0, 0.05) is 23.6 Å². The SMILES string of the molecule is O=C(Cc1ccccn1)Nc1ccc2c(c1)OCCO2. The predicted octanol–water partition coefficient (Wildman–Crippen LogP) is 2.03. The minimum absolute atomic E-state index is 0.111. The second-order valence-electron chi connectivity index (χ2n) is 4.40. The largest absolute Gasteiger partial charge is 0.486 e. The Balaban J connectivity index is 1.67. The number of ether oxygens (including phenoxy) is 2. The van der Waals surface area contributed by atoms with Crippen LogP contribution in [0.2, 0.25) is 0 Å². The van der Waals surface area contributed by atoms with Gasteiger partial charge in [-0.15, -0.1) is 0 Å². The summed E-state index contributed by atoms with van der Waals surface area (Å²) in [5.74, 6) is 1.26. The Bertz CT molecular complexity index is 614. The fraction of sp³-hybridized carbons (Fsp3) is 0.200. The molecule has 2 heterocycles. The monoisotopic (exact) mass is 270 g/mol. The van der Waals surface area contributed by atoms with Crippen molar-refractivity contribution < 1.29 is 14.3 Å². The van der Waals surface area contributed by atoms with E-state index in [0.717, 1.165) is 5.69 Å². The topological polar surface area (TPSA) is 60.5 Å². The molecular formula is C15H14N2O3. The minimum atomic E-state index is -0.111. The molecule has 2 aromatic rings. The summed E-state index contributed by atoms with van der Waals surface area (Å²) in [5.41, 5.74) is 1.43. The van der Waals surface area contributed by atoms with E-state index in [9.17, 15) is 4.79 Å². The molecule has 1 aliphatic rings. The molecule has 0 aliphatic carbocycles. The highest BCUT2D eigenvalue weighted by Gasteiger charge is 2.13. The highest BCUT2D eigenvalue weighted by Crippen LogP contribution is 2.32. The fourth-order valence-corrected chi connectivity index (χ4v) is 1.99. The molecule has 5 heteroatoms. The van der Waals surface area contributed by atoms with Crippen LogP contribution in [0, 0.1) is 0 Å². The van der Waals surface area contributed by atoms with E-state index in [4.69, 9.17) is 9.47 Å². The summed E-state index contributed by atoms with van der Waals surface area (Å²) in [6, 6.07) is 10.9. The van der Waals surface area contributed by atoms with Crippen LogP contribution in [0.5, 0.6) is 11.5 Å². The lowest BCUT2D eigenvalue weighted by Gasteiger charge is -2.19. The van der Waals surface area contributed by atoms with Crippen LogP contribution in [0.4, 0.5) is 5.69 Å². The van der Waals surface area contributed by atoms with Crippen LogP contribution >= 0.6 is 0 Å². The van der Waals surface area contributed by atoms with E-state index >= 15 is 0 Å². The van der Waals surface area contributed by atoms with Crippen molar-refractivity contribution in [3.05, 3.63) is 48.3 Å². The number of fused-ring (bicyclic) bond motifs is 1. The molecule has 1 amide bonds. The molecule has 0 atom stereocenters. The first-order valence-corrected chi connectivity index (χ1v) is 6.41. The zero-order valence-corrected chi connectivity index (χ0v) is 10.8. The summed E-state index contributed by atoms with van der Waals surface area (Å²) in [7, 11) is 0. The first kappa shape index (κ1) is 12.5. The molecule has 0 fully saturated rings. The van der Waals surface area contributed by atoms with Gasteiger partial charge in [-0.3, -0.25) is 9.78 Å². The highest BCUT2D eigenvalue weighted by molar-refractivity contribution is 5.92. The van der Waals surface area contributed by atoms with E-state index in [0.29, 0.717) is 30.4 Å². The highest BCUT2D eigenvalue weighted by atomic mass is 16.6. The van der Waals surface area contributed by atoms with E-state index in [-0.39, 0.29) is 12.3 Å². The van der Waals surface area contributed by atoms with Crippen molar-refractivity contribution in [1.82, 2.24) is 4.98 Å². The lowest BCUT2D eigenvalue weighted by atomic mass is 10.2. The van der Waals surface area contributed by atoms with Crippen LogP contribution in [-0.2, 0) is 11.2 Å². The summed E-state index contributed by atoms with van der Waals surface area (Å²) >= 11 is 0. The van der Waals surface area contributed by atoms with Crippen molar-refractivity contribution in [2.75, 3.05) is 18.5 Å². The van der Waals surface area contributed by atoms with Crippen LogP contribution in [0.15, 0.2) is 42.6 Å². The van der Waals surface area contributed by atoms with Crippen LogP contribution in [-0.4, -0.2) is 24.1 Å². The number of pyridine rings is 1. The van der Waals surface area contributed by atoms with Crippen LogP contribution in [0.1, 0.15) is 5.69 Å². The molecule has 0 unspecified atom stereocenters. The number of carbonyl (C=O) groups excluding carboxylic acids is 1. The van der Waals surface area contributed by atoms with Crippen molar-refractivity contribution in [1.29, 1.82) is 0 Å². The Morgan fingerprint density at radius 2 is 2.00 bits per heavy atom. The van der Waals surface area contributed by atoms with Gasteiger partial charge in [0.05, 0.1) is 6.42 Å². The molecule has 1 aromatic carbocycles. The van der Waals surface area contributed by atoms with Crippen LogP contribution < -0.4 is 14.8 Å². The molecule has 1 aliphatic heterocycles. The van der Waals surface area contributed by atoms with Gasteiger partial charge in [0.25, 0.3) is 0 Å². The number of amides is 1. The fourth-order valence-electron chi connectivity index (χ4n) is 1.99. The van der Waals surface area contributed by atoms with Crippen molar-refractivity contribution in [3.8, 4) is 11.5 Å². The average molecular weight is 270 g/mol. The smallest absolute Gasteiger partial charge is 0.230 e. The lowest BCUT2D eigenvalue weighted by molar-refractivity contribution is -0.115. The molecule has 1 N–H and O–H groups in total. The zero-order valence-electron chi connectivity index (χ0n) is 10.8. The van der Waals surface area contributed by atoms with E-state index in [1.807, 2.05) is 18.2 Å². The number of benzene rings is 1. The second kappa shape index (κ2) is 5.61. The normalized spacial score (nSPS) is 12.8. The Labute approximate surface area is 116 Å². The van der Waals surface area contributed by atoms with Gasteiger partial charge in [-0.1, -0.05) is 6.07 Å². The third kappa shape index (κ3) is 2.88. The van der Waals surface area contributed by atoms with Gasteiger partial charge < -0.3 is 14.8 Å². The molecule has 20 heavy (non-hydrogen) atoms. The van der Waals surface area contributed by atoms with Crippen LogP contribution in [0.3, 0.4) is 0 Å². The maximum Gasteiger partial charge on any atom is 0.230 e. The first-order valence-electron chi connectivity index (χ1n) is 6.41. The second-order valence-corrected chi connectivity index (χ2v) is 4.40. The van der Waals surface area contributed by atoms with Crippen molar-refractivity contribution in [2.45, 2.75) is 6.42 Å². The van der Waals surface area contributed by atoms with E-state index in [1.54, 1.807) is 24.4 Å². The zero-order chi connectivity index (χ0) is 13.8. The van der Waals surface area contributed by atoms with Gasteiger partial charge in [0.1, 0.15) is 13.2 Å². The Hall–Kier alpha value is -2.56. The molecular weight excluding hydrogens is 256 g/mol. The van der Waals surface area contributed by atoms with Gasteiger partial charge in [-0.05, 0) is 24.3 Å². The quantitative estimate of drug-likeness (QED) is 0.927. The first-order chi connectivity index (χ1) is 9.81. The third-order valence-electron chi connectivity index (χ3n) is 2.89. The summed E-state index contributed by atoms with van der Waals surface area (Å²) < 4.78 is 10.9. The number of hydrogen-bond donors (Lipinski definition) is 1. The van der Waals surface area contributed by atoms with Gasteiger partial charge >= 0.3 is 0 Å². The molecule has 102 valence electrons. The average Bonchev–Trinajstić information content (AvgIpc) is 2.48. The van der Waals surface area contributed by atoms with E-state index in [1.165, 1.54) is 0 Å². The molecule has 5 nitrogen and oxygen atoms in total. The summed E-state index contributed by atoms with van der Waals surface area (Å²) in [5, 5.41) is 2.83. The van der Waals surface area contributed by atoms with Crippen molar-refractivity contribution in [2.24, 2.45) is 0 Å².